The molecule has 2 rings (SSSR count). The largest absolute Gasteiger partial charge is 0.335 e. The van der Waals surface area contributed by atoms with E-state index in [1.807, 2.05) is 12.2 Å². The van der Waals surface area contributed by atoms with E-state index in [4.69, 9.17) is 4.52 Å². The minimum absolute atomic E-state index is 0. The Hall–Kier alpha value is -0.870. The van der Waals surface area contributed by atoms with Crippen LogP contribution in [0.5, 0.6) is 0 Å². The molecule has 0 bridgehead atoms. The van der Waals surface area contributed by atoms with E-state index in [0.29, 0.717) is 11.9 Å². The van der Waals surface area contributed by atoms with E-state index >= 15 is 0 Å². The van der Waals surface area contributed by atoms with E-state index in [2.05, 4.69) is 22.4 Å². The molecule has 0 aromatic carbocycles. The first-order valence-electron chi connectivity index (χ1n) is 5.13. The van der Waals surface area contributed by atoms with E-state index < -0.39 is 0 Å². The fourth-order valence-electron chi connectivity index (χ4n) is 1.58. The molecule has 0 aliphatic carbocycles. The van der Waals surface area contributed by atoms with Crippen LogP contribution in [0.25, 0.3) is 6.08 Å². The Morgan fingerprint density at radius 2 is 2.47 bits per heavy atom. The van der Waals surface area contributed by atoms with Gasteiger partial charge in [0, 0.05) is 0 Å². The molecule has 1 aliphatic rings. The first kappa shape index (κ1) is 12.2. The molecular formula is C10H16ClN3O. The molecule has 15 heavy (non-hydrogen) atoms. The lowest BCUT2D eigenvalue weighted by Crippen LogP contribution is -2.14. The summed E-state index contributed by atoms with van der Waals surface area (Å²) >= 11 is 0. The first-order chi connectivity index (χ1) is 6.90. The molecule has 1 unspecified atom stereocenters. The van der Waals surface area contributed by atoms with Gasteiger partial charge < -0.3 is 9.84 Å². The Morgan fingerprint density at radius 1 is 1.60 bits per heavy atom. The Kier molecular flexibility index (Phi) is 4.78. The molecule has 1 fully saturated rings. The summed E-state index contributed by atoms with van der Waals surface area (Å²) in [5.74, 6) is 1.40. The van der Waals surface area contributed by atoms with Crippen molar-refractivity contribution < 1.29 is 4.52 Å². The molecule has 0 saturated carbocycles. The van der Waals surface area contributed by atoms with Crippen molar-refractivity contribution in [2.75, 3.05) is 6.54 Å². The third-order valence-electron chi connectivity index (χ3n) is 2.33. The zero-order valence-electron chi connectivity index (χ0n) is 8.77. The van der Waals surface area contributed by atoms with E-state index in [1.54, 1.807) is 0 Å². The number of nitrogens with one attached hydrogen (secondary N) is 1. The van der Waals surface area contributed by atoms with Crippen LogP contribution in [0.2, 0.25) is 0 Å². The van der Waals surface area contributed by atoms with Crippen LogP contribution in [0.15, 0.2) is 10.6 Å². The van der Waals surface area contributed by atoms with Crippen molar-refractivity contribution in [3.05, 3.63) is 17.8 Å². The van der Waals surface area contributed by atoms with E-state index in [1.165, 1.54) is 6.42 Å². The van der Waals surface area contributed by atoms with Gasteiger partial charge >= 0.3 is 0 Å². The summed E-state index contributed by atoms with van der Waals surface area (Å²) in [5, 5.41) is 7.28. The molecule has 1 aliphatic heterocycles. The van der Waals surface area contributed by atoms with Gasteiger partial charge in [0.05, 0.1) is 6.04 Å². The van der Waals surface area contributed by atoms with Crippen LogP contribution in [0.1, 0.15) is 43.9 Å². The van der Waals surface area contributed by atoms with Gasteiger partial charge in [0.15, 0.2) is 5.82 Å². The topological polar surface area (TPSA) is 51.0 Å². The third kappa shape index (κ3) is 3.04. The van der Waals surface area contributed by atoms with Crippen molar-refractivity contribution in [1.29, 1.82) is 0 Å². The molecule has 84 valence electrons. The highest BCUT2D eigenvalue weighted by molar-refractivity contribution is 5.85. The smallest absolute Gasteiger partial charge is 0.250 e. The van der Waals surface area contributed by atoms with E-state index in [9.17, 15) is 0 Å². The van der Waals surface area contributed by atoms with Crippen molar-refractivity contribution in [1.82, 2.24) is 15.5 Å². The molecule has 0 amide bonds. The molecule has 1 aromatic rings. The Balaban J connectivity index is 0.00000112. The van der Waals surface area contributed by atoms with Gasteiger partial charge in [-0.05, 0) is 31.9 Å². The van der Waals surface area contributed by atoms with Crippen LogP contribution in [0.4, 0.5) is 0 Å². The second-order valence-electron chi connectivity index (χ2n) is 3.45. The number of allylic oxidation sites excluding steroid dienone is 1. The molecule has 1 saturated heterocycles. The number of hydrogen-bond acceptors (Lipinski definition) is 4. The average Bonchev–Trinajstić information content (AvgIpc) is 2.85. The van der Waals surface area contributed by atoms with Gasteiger partial charge in [-0.15, -0.1) is 12.4 Å². The lowest BCUT2D eigenvalue weighted by atomic mass is 10.2. The van der Waals surface area contributed by atoms with Crippen LogP contribution in [0.3, 0.4) is 0 Å². The predicted octanol–water partition coefficient (Wildman–Crippen LogP) is 2.34. The fraction of sp³-hybridized carbons (Fsp3) is 0.600. The molecule has 2 heterocycles. The Bertz CT molecular complexity index is 318. The maximum absolute atomic E-state index is 5.09. The average molecular weight is 230 g/mol. The Morgan fingerprint density at radius 3 is 3.13 bits per heavy atom. The highest BCUT2D eigenvalue weighted by Crippen LogP contribution is 2.20. The molecule has 0 spiro atoms. The van der Waals surface area contributed by atoms with Crippen LogP contribution in [0, 0.1) is 0 Å². The summed E-state index contributed by atoms with van der Waals surface area (Å²) in [6.45, 7) is 3.13. The van der Waals surface area contributed by atoms with E-state index in [0.717, 1.165) is 25.2 Å². The second kappa shape index (κ2) is 5.88. The van der Waals surface area contributed by atoms with Gasteiger partial charge in [-0.1, -0.05) is 18.2 Å². The maximum atomic E-state index is 5.09. The summed E-state index contributed by atoms with van der Waals surface area (Å²) in [6, 6.07) is 0.294. The maximum Gasteiger partial charge on any atom is 0.250 e. The number of hydrogen-bond donors (Lipinski definition) is 1. The SMILES string of the molecule is CC/C=C/c1nc(C2CCCN2)no1.Cl. The highest BCUT2D eigenvalue weighted by Gasteiger charge is 2.20. The molecule has 5 heteroatoms. The summed E-state index contributed by atoms with van der Waals surface area (Å²) in [7, 11) is 0. The lowest BCUT2D eigenvalue weighted by Gasteiger charge is -2.01. The predicted molar refractivity (Wildman–Crippen MR) is 60.8 cm³/mol. The molecule has 1 aromatic heterocycles. The molecule has 1 N–H and O–H groups in total. The van der Waals surface area contributed by atoms with Gasteiger partial charge in [-0.2, -0.15) is 4.98 Å². The van der Waals surface area contributed by atoms with Crippen molar-refractivity contribution >= 4 is 18.5 Å². The summed E-state index contributed by atoms with van der Waals surface area (Å²) < 4.78 is 5.09. The van der Waals surface area contributed by atoms with Gasteiger partial charge in [-0.3, -0.25) is 0 Å². The normalized spacial score (nSPS) is 20.7. The van der Waals surface area contributed by atoms with Crippen LogP contribution >= 0.6 is 12.4 Å². The number of rotatable bonds is 3. The summed E-state index contributed by atoms with van der Waals surface area (Å²) in [6.07, 6.45) is 7.17. The Labute approximate surface area is 95.5 Å². The zero-order valence-corrected chi connectivity index (χ0v) is 9.59. The van der Waals surface area contributed by atoms with Crippen molar-refractivity contribution in [2.24, 2.45) is 0 Å². The minimum atomic E-state index is 0. The lowest BCUT2D eigenvalue weighted by molar-refractivity contribution is 0.395. The first-order valence-corrected chi connectivity index (χ1v) is 5.13. The molecule has 4 nitrogen and oxygen atoms in total. The quantitative estimate of drug-likeness (QED) is 0.865. The van der Waals surface area contributed by atoms with Crippen molar-refractivity contribution in [3.8, 4) is 0 Å². The van der Waals surface area contributed by atoms with Gasteiger partial charge in [-0.25, -0.2) is 0 Å². The van der Waals surface area contributed by atoms with Gasteiger partial charge in [0.1, 0.15) is 0 Å². The fourth-order valence-corrected chi connectivity index (χ4v) is 1.58. The third-order valence-corrected chi connectivity index (χ3v) is 2.33. The number of halogens is 1. The summed E-state index contributed by atoms with van der Waals surface area (Å²) in [5.41, 5.74) is 0. The van der Waals surface area contributed by atoms with E-state index in [-0.39, 0.29) is 12.4 Å². The highest BCUT2D eigenvalue weighted by atomic mass is 35.5. The molecule has 1 atom stereocenters. The number of aromatic nitrogens is 2. The molecule has 0 radical (unpaired) electrons. The van der Waals surface area contributed by atoms with Crippen molar-refractivity contribution in [2.45, 2.75) is 32.2 Å². The summed E-state index contributed by atoms with van der Waals surface area (Å²) in [4.78, 5) is 4.30. The monoisotopic (exact) mass is 229 g/mol. The minimum Gasteiger partial charge on any atom is -0.335 e. The van der Waals surface area contributed by atoms with Crippen LogP contribution in [-0.4, -0.2) is 16.7 Å². The molecular weight excluding hydrogens is 214 g/mol. The van der Waals surface area contributed by atoms with Gasteiger partial charge in [0.25, 0.3) is 0 Å². The zero-order chi connectivity index (χ0) is 9.80. The second-order valence-corrected chi connectivity index (χ2v) is 3.45. The van der Waals surface area contributed by atoms with Crippen molar-refractivity contribution in [3.63, 3.8) is 0 Å². The number of nitrogens with zero attached hydrogens (tertiary/aromatic N) is 2. The van der Waals surface area contributed by atoms with Crippen LogP contribution < -0.4 is 5.32 Å². The van der Waals surface area contributed by atoms with Gasteiger partial charge in [0.2, 0.25) is 5.89 Å². The van der Waals surface area contributed by atoms with Crippen LogP contribution in [-0.2, 0) is 0 Å². The standard InChI is InChI=1S/C10H15N3O.ClH/c1-2-3-6-9-12-10(13-14-9)8-5-4-7-11-8;/h3,6,8,11H,2,4-5,7H2,1H3;1H/b6-3+;.